The van der Waals surface area contributed by atoms with E-state index in [1.807, 2.05) is 0 Å². The van der Waals surface area contributed by atoms with Crippen LogP contribution in [0.5, 0.6) is 0 Å². The van der Waals surface area contributed by atoms with Gasteiger partial charge < -0.3 is 23.7 Å². The molecule has 12 aliphatic carbocycles. The molecular weight excluding hydrogens is 726 g/mol. The SMILES string of the molecule is O=C(OCC1(COC(=O)C23CC4CC(CC(C4)C2)C3)COC2(OC1)C1CC3CC2CC(C(=O)OCC(F)(F)S(=O)(=O)O)(C3)C1)C12CC3CC(CC(C3)C1)C2. The summed E-state index contributed by atoms with van der Waals surface area (Å²) < 4.78 is 90.3. The van der Waals surface area contributed by atoms with E-state index in [2.05, 4.69) is 0 Å². The van der Waals surface area contributed by atoms with Gasteiger partial charge in [-0.05, 0) is 151 Å². The predicted octanol–water partition coefficient (Wildman–Crippen LogP) is 6.09. The van der Waals surface area contributed by atoms with E-state index >= 15 is 0 Å². The van der Waals surface area contributed by atoms with Gasteiger partial charge >= 0.3 is 33.3 Å². The van der Waals surface area contributed by atoms with Crippen LogP contribution in [-0.2, 0) is 48.2 Å². The molecule has 0 radical (unpaired) electrons. The molecule has 0 aromatic carbocycles. The molecule has 12 bridgehead atoms. The first-order valence-electron chi connectivity index (χ1n) is 20.7. The van der Waals surface area contributed by atoms with Gasteiger partial charge in [-0.15, -0.1) is 0 Å². The van der Waals surface area contributed by atoms with Crippen LogP contribution in [0.1, 0.15) is 109 Å². The fourth-order valence-corrected chi connectivity index (χ4v) is 15.5. The zero-order valence-corrected chi connectivity index (χ0v) is 31.8. The summed E-state index contributed by atoms with van der Waals surface area (Å²) in [5, 5.41) is -4.61. The normalized spacial score (nSPS) is 49.4. The van der Waals surface area contributed by atoms with Crippen molar-refractivity contribution < 1.29 is 59.8 Å². The molecule has 1 aliphatic heterocycles. The van der Waals surface area contributed by atoms with E-state index in [0.29, 0.717) is 54.8 Å². The van der Waals surface area contributed by atoms with Gasteiger partial charge in [-0.3, -0.25) is 18.9 Å². The summed E-state index contributed by atoms with van der Waals surface area (Å²) >= 11 is 0. The van der Waals surface area contributed by atoms with Crippen molar-refractivity contribution in [3.05, 3.63) is 0 Å². The molecule has 1 N–H and O–H groups in total. The third-order valence-electron chi connectivity index (χ3n) is 16.7. The topological polar surface area (TPSA) is 152 Å². The molecule has 12 saturated carbocycles. The lowest BCUT2D eigenvalue weighted by Gasteiger charge is -2.65. The Balaban J connectivity index is 0.855. The summed E-state index contributed by atoms with van der Waals surface area (Å²) in [6.07, 6.45) is 14.9. The summed E-state index contributed by atoms with van der Waals surface area (Å²) in [6.45, 7) is -1.48. The van der Waals surface area contributed by atoms with Crippen LogP contribution in [-0.4, -0.2) is 75.0 Å². The molecule has 13 rings (SSSR count). The van der Waals surface area contributed by atoms with Gasteiger partial charge in [0.1, 0.15) is 13.2 Å². The standard InChI is InChI=1S/C40H54F2O11S/c41-39(42,54(46,47)48)22-51-34(45)38-15-29-7-30(16-38)40(31(8-29)17-38)52-20-35(21-53-40,18-49-32(43)36-9-23-1-24(10-36)3-25(2-23)11-36)19-50-33(44)37-12-26-4-27(13-37)6-28(5-26)14-37/h23-31H,1-22H2,(H,46,47,48). The number of halogens is 2. The Labute approximate surface area is 315 Å². The first kappa shape index (κ1) is 36.4. The lowest BCUT2D eigenvalue weighted by Crippen LogP contribution is -2.68. The smallest absolute Gasteiger partial charge is 0.402 e. The number of carbonyl (C=O) groups excluding carboxylic acids is 3. The van der Waals surface area contributed by atoms with Crippen molar-refractivity contribution in [2.24, 2.45) is 74.9 Å². The molecule has 1 heterocycles. The number of ether oxygens (including phenoxy) is 5. The Morgan fingerprint density at radius 1 is 0.574 bits per heavy atom. The van der Waals surface area contributed by atoms with Gasteiger partial charge in [-0.25, -0.2) is 0 Å². The van der Waals surface area contributed by atoms with Gasteiger partial charge in [0.2, 0.25) is 0 Å². The maximum atomic E-state index is 14.1. The van der Waals surface area contributed by atoms with Gasteiger partial charge in [-0.2, -0.15) is 17.2 Å². The highest BCUT2D eigenvalue weighted by molar-refractivity contribution is 7.86. The highest BCUT2D eigenvalue weighted by Gasteiger charge is 2.69. The van der Waals surface area contributed by atoms with Crippen LogP contribution in [0.3, 0.4) is 0 Å². The van der Waals surface area contributed by atoms with Crippen molar-refractivity contribution in [3.63, 3.8) is 0 Å². The lowest BCUT2D eigenvalue weighted by atomic mass is 9.47. The fourth-order valence-electron chi connectivity index (χ4n) is 15.3. The molecule has 0 aromatic heterocycles. The second-order valence-electron chi connectivity index (χ2n) is 20.7. The van der Waals surface area contributed by atoms with Crippen LogP contribution in [0.25, 0.3) is 0 Å². The second-order valence-corrected chi connectivity index (χ2v) is 22.2. The summed E-state index contributed by atoms with van der Waals surface area (Å²) in [5.41, 5.74) is -2.90. The average molecular weight is 781 g/mol. The molecule has 54 heavy (non-hydrogen) atoms. The maximum Gasteiger partial charge on any atom is 0.402 e. The van der Waals surface area contributed by atoms with Gasteiger partial charge in [0, 0.05) is 11.8 Å². The quantitative estimate of drug-likeness (QED) is 0.156. The Morgan fingerprint density at radius 3 is 1.28 bits per heavy atom. The summed E-state index contributed by atoms with van der Waals surface area (Å²) in [5.74, 6) is 0.864. The predicted molar refractivity (Wildman–Crippen MR) is 184 cm³/mol. The van der Waals surface area contributed by atoms with E-state index in [1.54, 1.807) is 0 Å². The Bertz CT molecular complexity index is 1550. The van der Waals surface area contributed by atoms with Crippen molar-refractivity contribution in [1.29, 1.82) is 0 Å². The Morgan fingerprint density at radius 2 is 0.907 bits per heavy atom. The van der Waals surface area contributed by atoms with E-state index in [0.717, 1.165) is 38.5 Å². The second kappa shape index (κ2) is 12.1. The van der Waals surface area contributed by atoms with Crippen molar-refractivity contribution in [2.45, 2.75) is 120 Å². The van der Waals surface area contributed by atoms with E-state index in [4.69, 9.17) is 28.2 Å². The van der Waals surface area contributed by atoms with Crippen molar-refractivity contribution in [3.8, 4) is 0 Å². The Kier molecular flexibility index (Phi) is 8.14. The van der Waals surface area contributed by atoms with Crippen molar-refractivity contribution in [1.82, 2.24) is 0 Å². The third kappa shape index (κ3) is 5.66. The largest absolute Gasteiger partial charge is 0.464 e. The van der Waals surface area contributed by atoms with Crippen LogP contribution >= 0.6 is 0 Å². The van der Waals surface area contributed by atoms with Gasteiger partial charge in [0.25, 0.3) is 0 Å². The number of hydrogen-bond acceptors (Lipinski definition) is 10. The highest BCUT2D eigenvalue weighted by atomic mass is 32.2. The number of hydrogen-bond donors (Lipinski definition) is 1. The Hall–Kier alpha value is -1.90. The lowest BCUT2D eigenvalue weighted by molar-refractivity contribution is -0.391. The molecule has 11 nitrogen and oxygen atoms in total. The molecule has 2 unspecified atom stereocenters. The first-order valence-corrected chi connectivity index (χ1v) is 22.1. The minimum atomic E-state index is -5.74. The highest BCUT2D eigenvalue weighted by Crippen LogP contribution is 2.67. The number of carbonyl (C=O) groups is 3. The molecule has 13 aliphatic rings. The summed E-state index contributed by atoms with van der Waals surface area (Å²) in [4.78, 5) is 41.5. The molecule has 2 atom stereocenters. The minimum absolute atomic E-state index is 0.00795. The van der Waals surface area contributed by atoms with Crippen LogP contribution in [0.4, 0.5) is 8.78 Å². The number of rotatable bonds is 10. The minimum Gasteiger partial charge on any atom is -0.464 e. The van der Waals surface area contributed by atoms with Crippen molar-refractivity contribution >= 4 is 28.0 Å². The zero-order valence-electron chi connectivity index (χ0n) is 30.9. The summed E-state index contributed by atoms with van der Waals surface area (Å²) in [6, 6.07) is 0. The van der Waals surface area contributed by atoms with Gasteiger partial charge in [0.05, 0.1) is 34.9 Å². The van der Waals surface area contributed by atoms with E-state index in [-0.39, 0.29) is 69.0 Å². The van der Waals surface area contributed by atoms with Crippen LogP contribution in [0.15, 0.2) is 0 Å². The van der Waals surface area contributed by atoms with Gasteiger partial charge in [-0.1, -0.05) is 0 Å². The monoisotopic (exact) mass is 780 g/mol. The van der Waals surface area contributed by atoms with E-state index in [1.165, 1.54) is 38.5 Å². The molecule has 300 valence electrons. The first-order chi connectivity index (χ1) is 25.5. The molecule has 14 heteroatoms. The van der Waals surface area contributed by atoms with E-state index < -0.39 is 55.4 Å². The zero-order chi connectivity index (χ0) is 37.5. The third-order valence-corrected chi connectivity index (χ3v) is 17.6. The van der Waals surface area contributed by atoms with Crippen LogP contribution in [0.2, 0.25) is 0 Å². The molecule has 13 fully saturated rings. The summed E-state index contributed by atoms with van der Waals surface area (Å²) in [7, 11) is -5.74. The van der Waals surface area contributed by atoms with Gasteiger partial charge in [0.15, 0.2) is 12.4 Å². The van der Waals surface area contributed by atoms with Crippen LogP contribution < -0.4 is 0 Å². The van der Waals surface area contributed by atoms with E-state index in [9.17, 15) is 31.6 Å². The van der Waals surface area contributed by atoms with Crippen molar-refractivity contribution in [2.75, 3.05) is 33.0 Å². The fraction of sp³-hybridized carbons (Fsp3) is 0.925. The molecule has 0 amide bonds. The van der Waals surface area contributed by atoms with Crippen LogP contribution in [0, 0.1) is 74.9 Å². The molecule has 1 spiro atoms. The number of alkyl halides is 2. The average Bonchev–Trinajstić information content (AvgIpc) is 3.09. The number of esters is 3. The molecule has 0 aromatic rings. The maximum absolute atomic E-state index is 14.1. The molecule has 1 saturated heterocycles. The molecular formula is C40H54F2O11S.